The highest BCUT2D eigenvalue weighted by atomic mass is 32.2. The first-order valence-electron chi connectivity index (χ1n) is 4.97. The molecular formula is C10H14N2O4S. The van der Waals surface area contributed by atoms with Gasteiger partial charge in [-0.2, -0.15) is 0 Å². The molecular weight excluding hydrogens is 244 g/mol. The standard InChI is InChI=1S/C10H14N2O4S/c1-3-10(14)12-7-4-5-8(13)9(6-7)17(15,16)11-2/h4-6,11,13H,3H2,1-2H3,(H,12,14). The molecule has 7 heteroatoms. The average Bonchev–Trinajstić information content (AvgIpc) is 2.31. The van der Waals surface area contributed by atoms with E-state index in [1.165, 1.54) is 25.2 Å². The number of nitrogens with one attached hydrogen (secondary N) is 2. The molecule has 1 amide bonds. The van der Waals surface area contributed by atoms with Crippen molar-refractivity contribution in [2.45, 2.75) is 18.2 Å². The highest BCUT2D eigenvalue weighted by molar-refractivity contribution is 7.89. The van der Waals surface area contributed by atoms with E-state index in [4.69, 9.17) is 0 Å². The summed E-state index contributed by atoms with van der Waals surface area (Å²) < 4.78 is 25.2. The Morgan fingerprint density at radius 3 is 2.59 bits per heavy atom. The largest absolute Gasteiger partial charge is 0.507 e. The van der Waals surface area contributed by atoms with E-state index in [0.29, 0.717) is 5.69 Å². The van der Waals surface area contributed by atoms with Gasteiger partial charge in [0.25, 0.3) is 0 Å². The van der Waals surface area contributed by atoms with E-state index in [9.17, 15) is 18.3 Å². The van der Waals surface area contributed by atoms with E-state index in [1.54, 1.807) is 6.92 Å². The maximum atomic E-state index is 11.5. The van der Waals surface area contributed by atoms with Crippen molar-refractivity contribution in [1.82, 2.24) is 4.72 Å². The number of rotatable bonds is 4. The number of phenolic OH excluding ortho intramolecular Hbond substituents is 1. The summed E-state index contributed by atoms with van der Waals surface area (Å²) in [4.78, 5) is 10.9. The fraction of sp³-hybridized carbons (Fsp3) is 0.300. The third-order valence-corrected chi connectivity index (χ3v) is 3.57. The second-order valence-electron chi connectivity index (χ2n) is 3.29. The van der Waals surface area contributed by atoms with Gasteiger partial charge in [-0.3, -0.25) is 4.79 Å². The fourth-order valence-corrected chi connectivity index (χ4v) is 2.01. The van der Waals surface area contributed by atoms with Crippen molar-refractivity contribution >= 4 is 21.6 Å². The van der Waals surface area contributed by atoms with Crippen LogP contribution in [0.4, 0.5) is 5.69 Å². The van der Waals surface area contributed by atoms with Crippen molar-refractivity contribution in [2.75, 3.05) is 12.4 Å². The van der Waals surface area contributed by atoms with Gasteiger partial charge in [-0.1, -0.05) is 6.92 Å². The lowest BCUT2D eigenvalue weighted by Gasteiger charge is -2.08. The Morgan fingerprint density at radius 2 is 2.06 bits per heavy atom. The first kappa shape index (κ1) is 13.5. The molecule has 0 unspecified atom stereocenters. The van der Waals surface area contributed by atoms with E-state index >= 15 is 0 Å². The van der Waals surface area contributed by atoms with Crippen molar-refractivity contribution in [3.63, 3.8) is 0 Å². The van der Waals surface area contributed by atoms with Gasteiger partial charge in [0.05, 0.1) is 0 Å². The summed E-state index contributed by atoms with van der Waals surface area (Å²) in [6, 6.07) is 3.85. The molecule has 6 nitrogen and oxygen atoms in total. The van der Waals surface area contributed by atoms with Gasteiger partial charge >= 0.3 is 0 Å². The fourth-order valence-electron chi connectivity index (χ4n) is 1.17. The zero-order valence-electron chi connectivity index (χ0n) is 9.52. The highest BCUT2D eigenvalue weighted by Crippen LogP contribution is 2.25. The zero-order chi connectivity index (χ0) is 13.1. The van der Waals surface area contributed by atoms with Crippen LogP contribution in [0.15, 0.2) is 23.1 Å². The molecule has 3 N–H and O–H groups in total. The molecule has 0 aliphatic heterocycles. The van der Waals surface area contributed by atoms with Crippen LogP contribution in [0, 0.1) is 0 Å². The Hall–Kier alpha value is -1.60. The average molecular weight is 258 g/mol. The summed E-state index contributed by atoms with van der Waals surface area (Å²) in [5.41, 5.74) is 0.323. The minimum absolute atomic E-state index is 0.233. The highest BCUT2D eigenvalue weighted by Gasteiger charge is 2.17. The molecule has 0 aromatic heterocycles. The van der Waals surface area contributed by atoms with Gasteiger partial charge < -0.3 is 10.4 Å². The number of carbonyl (C=O) groups excluding carboxylic acids is 1. The number of hydrogen-bond acceptors (Lipinski definition) is 4. The van der Waals surface area contributed by atoms with E-state index < -0.39 is 10.0 Å². The normalized spacial score (nSPS) is 11.2. The SMILES string of the molecule is CCC(=O)Nc1ccc(O)c(S(=O)(=O)NC)c1. The van der Waals surface area contributed by atoms with Gasteiger partial charge in [-0.15, -0.1) is 0 Å². The number of benzene rings is 1. The quantitative estimate of drug-likeness (QED) is 0.691. The van der Waals surface area contributed by atoms with Crippen molar-refractivity contribution < 1.29 is 18.3 Å². The number of anilines is 1. The lowest BCUT2D eigenvalue weighted by Crippen LogP contribution is -2.19. The number of carbonyl (C=O) groups is 1. The van der Waals surface area contributed by atoms with E-state index in [0.717, 1.165) is 0 Å². The molecule has 0 bridgehead atoms. The van der Waals surface area contributed by atoms with E-state index in [2.05, 4.69) is 10.0 Å². The predicted molar refractivity (Wildman–Crippen MR) is 63.3 cm³/mol. The van der Waals surface area contributed by atoms with Crippen LogP contribution < -0.4 is 10.0 Å². The molecule has 17 heavy (non-hydrogen) atoms. The minimum Gasteiger partial charge on any atom is -0.507 e. The molecule has 94 valence electrons. The maximum Gasteiger partial charge on any atom is 0.244 e. The lowest BCUT2D eigenvalue weighted by molar-refractivity contribution is -0.115. The topological polar surface area (TPSA) is 95.5 Å². The smallest absolute Gasteiger partial charge is 0.244 e. The Balaban J connectivity index is 3.16. The van der Waals surface area contributed by atoms with Crippen LogP contribution in [0.25, 0.3) is 0 Å². The Kier molecular flexibility index (Phi) is 4.08. The van der Waals surface area contributed by atoms with Crippen LogP contribution in [-0.2, 0) is 14.8 Å². The van der Waals surface area contributed by atoms with Gasteiger partial charge in [0, 0.05) is 12.1 Å². The Labute approximate surface area is 99.7 Å². The predicted octanol–water partition coefficient (Wildman–Crippen LogP) is 0.649. The second-order valence-corrected chi connectivity index (χ2v) is 5.15. The second kappa shape index (κ2) is 5.15. The number of sulfonamides is 1. The van der Waals surface area contributed by atoms with Gasteiger partial charge in [-0.25, -0.2) is 13.1 Å². The first-order valence-corrected chi connectivity index (χ1v) is 6.45. The molecule has 0 aliphatic carbocycles. The van der Waals surface area contributed by atoms with Crippen LogP contribution in [0.3, 0.4) is 0 Å². The van der Waals surface area contributed by atoms with Crippen molar-refractivity contribution in [3.8, 4) is 5.75 Å². The molecule has 0 saturated heterocycles. The van der Waals surface area contributed by atoms with Crippen LogP contribution in [0.5, 0.6) is 5.75 Å². The third kappa shape index (κ3) is 3.18. The number of phenols is 1. The summed E-state index contributed by atoms with van der Waals surface area (Å²) in [7, 11) is -2.50. The molecule has 0 fully saturated rings. The summed E-state index contributed by atoms with van der Waals surface area (Å²) >= 11 is 0. The van der Waals surface area contributed by atoms with Crippen LogP contribution >= 0.6 is 0 Å². The molecule has 1 rings (SSSR count). The molecule has 1 aromatic rings. The molecule has 0 aliphatic rings. The van der Waals surface area contributed by atoms with Crippen LogP contribution in [0.1, 0.15) is 13.3 Å². The molecule has 0 atom stereocenters. The third-order valence-electron chi connectivity index (χ3n) is 2.12. The maximum absolute atomic E-state index is 11.5. The summed E-state index contributed by atoms with van der Waals surface area (Å²) in [5, 5.41) is 12.0. The summed E-state index contributed by atoms with van der Waals surface area (Å²) in [6.45, 7) is 1.68. The number of amides is 1. The molecule has 0 spiro atoms. The number of aromatic hydroxyl groups is 1. The molecule has 0 heterocycles. The van der Waals surface area contributed by atoms with Crippen LogP contribution in [0.2, 0.25) is 0 Å². The van der Waals surface area contributed by atoms with E-state index in [1.807, 2.05) is 0 Å². The van der Waals surface area contributed by atoms with Crippen molar-refractivity contribution in [1.29, 1.82) is 0 Å². The van der Waals surface area contributed by atoms with Crippen LogP contribution in [-0.4, -0.2) is 26.5 Å². The molecule has 0 radical (unpaired) electrons. The first-order chi connectivity index (χ1) is 7.90. The minimum atomic E-state index is -3.75. The van der Waals surface area contributed by atoms with Crippen molar-refractivity contribution in [2.24, 2.45) is 0 Å². The van der Waals surface area contributed by atoms with Gasteiger partial charge in [-0.05, 0) is 25.2 Å². The van der Waals surface area contributed by atoms with Crippen molar-refractivity contribution in [3.05, 3.63) is 18.2 Å². The van der Waals surface area contributed by atoms with Gasteiger partial charge in [0.2, 0.25) is 15.9 Å². The van der Waals surface area contributed by atoms with Gasteiger partial charge in [0.15, 0.2) is 0 Å². The summed E-state index contributed by atoms with van der Waals surface area (Å²) in [5.74, 6) is -0.600. The van der Waals surface area contributed by atoms with Gasteiger partial charge in [0.1, 0.15) is 10.6 Å². The Bertz CT molecular complexity index is 525. The zero-order valence-corrected chi connectivity index (χ0v) is 10.3. The summed E-state index contributed by atoms with van der Waals surface area (Å²) in [6.07, 6.45) is 0.287. The molecule has 1 aromatic carbocycles. The van der Waals surface area contributed by atoms with E-state index in [-0.39, 0.29) is 23.0 Å². The number of hydrogen-bond donors (Lipinski definition) is 3. The lowest BCUT2D eigenvalue weighted by atomic mass is 10.3. The Morgan fingerprint density at radius 1 is 1.41 bits per heavy atom. The monoisotopic (exact) mass is 258 g/mol. The molecule has 0 saturated carbocycles.